The fourth-order valence-corrected chi connectivity index (χ4v) is 1.96. The lowest BCUT2D eigenvalue weighted by Gasteiger charge is -2.23. The van der Waals surface area contributed by atoms with Crippen molar-refractivity contribution < 1.29 is 9.47 Å². The van der Waals surface area contributed by atoms with E-state index in [0.29, 0.717) is 5.92 Å². The molecule has 1 aliphatic carbocycles. The van der Waals surface area contributed by atoms with Gasteiger partial charge in [-0.05, 0) is 33.1 Å². The van der Waals surface area contributed by atoms with Crippen LogP contribution in [0.1, 0.15) is 33.1 Å². The van der Waals surface area contributed by atoms with E-state index in [1.54, 1.807) is 0 Å². The average molecular weight is 182 g/mol. The summed E-state index contributed by atoms with van der Waals surface area (Å²) in [5, 5.41) is 0. The number of ether oxygens (including phenoxy) is 2. The molecule has 0 N–H and O–H groups in total. The maximum atomic E-state index is 5.76. The first-order valence-corrected chi connectivity index (χ1v) is 5.23. The smallest absolute Gasteiger partial charge is 0.161 e. The van der Waals surface area contributed by atoms with Crippen LogP contribution in [0.25, 0.3) is 0 Å². The van der Waals surface area contributed by atoms with Crippen LogP contribution < -0.4 is 0 Å². The Balaban J connectivity index is 1.91. The van der Waals surface area contributed by atoms with Crippen molar-refractivity contribution in [3.8, 4) is 0 Å². The van der Waals surface area contributed by atoms with Crippen molar-refractivity contribution in [3.63, 3.8) is 0 Å². The molecule has 13 heavy (non-hydrogen) atoms. The lowest BCUT2D eigenvalue weighted by Crippen LogP contribution is -2.23. The van der Waals surface area contributed by atoms with Crippen molar-refractivity contribution in [1.82, 2.24) is 0 Å². The molecule has 74 valence electrons. The molecule has 1 heterocycles. The molecule has 1 unspecified atom stereocenters. The highest BCUT2D eigenvalue weighted by atomic mass is 16.7. The molecular formula is C11H18O2. The summed E-state index contributed by atoms with van der Waals surface area (Å²) in [4.78, 5) is 0. The zero-order valence-electron chi connectivity index (χ0n) is 8.40. The Hall–Kier alpha value is -0.340. The van der Waals surface area contributed by atoms with Gasteiger partial charge in [0.1, 0.15) is 0 Å². The molecule has 2 rings (SSSR count). The molecule has 4 atom stereocenters. The maximum absolute atomic E-state index is 5.76. The summed E-state index contributed by atoms with van der Waals surface area (Å²) in [5.41, 5.74) is 0. The molecule has 1 fully saturated rings. The molecule has 2 heteroatoms. The zero-order chi connectivity index (χ0) is 9.26. The van der Waals surface area contributed by atoms with Crippen LogP contribution >= 0.6 is 0 Å². The van der Waals surface area contributed by atoms with Crippen LogP contribution in [0.5, 0.6) is 0 Å². The third-order valence-electron chi connectivity index (χ3n) is 3.05. The van der Waals surface area contributed by atoms with E-state index in [1.165, 1.54) is 12.8 Å². The van der Waals surface area contributed by atoms with Crippen LogP contribution in [0.15, 0.2) is 12.2 Å². The fourth-order valence-electron chi connectivity index (χ4n) is 1.96. The van der Waals surface area contributed by atoms with Crippen molar-refractivity contribution in [2.45, 2.75) is 51.6 Å². The second-order valence-electron chi connectivity index (χ2n) is 4.10. The van der Waals surface area contributed by atoms with Gasteiger partial charge in [0.2, 0.25) is 0 Å². The standard InChI is InChI=1S/C11H18O2/c1-8-9(2)13-11(12-8)10-6-4-3-5-7-10/h3-4,8-11H,5-7H2,1-2H3/t8-,9+,10-,11?/m0/s1. The molecule has 1 aliphatic heterocycles. The number of hydrogen-bond donors (Lipinski definition) is 0. The van der Waals surface area contributed by atoms with Crippen LogP contribution in [0.2, 0.25) is 0 Å². The van der Waals surface area contributed by atoms with Crippen LogP contribution in [0.3, 0.4) is 0 Å². The Morgan fingerprint density at radius 1 is 1.08 bits per heavy atom. The van der Waals surface area contributed by atoms with E-state index in [0.717, 1.165) is 6.42 Å². The molecule has 0 amide bonds. The van der Waals surface area contributed by atoms with Gasteiger partial charge in [0.25, 0.3) is 0 Å². The van der Waals surface area contributed by atoms with Crippen molar-refractivity contribution in [2.75, 3.05) is 0 Å². The van der Waals surface area contributed by atoms with Crippen LogP contribution in [-0.4, -0.2) is 18.5 Å². The molecule has 1 saturated heterocycles. The Morgan fingerprint density at radius 3 is 2.31 bits per heavy atom. The van der Waals surface area contributed by atoms with Gasteiger partial charge >= 0.3 is 0 Å². The highest BCUT2D eigenvalue weighted by molar-refractivity contribution is 4.92. The second kappa shape index (κ2) is 3.81. The third kappa shape index (κ3) is 1.94. The van der Waals surface area contributed by atoms with Crippen molar-refractivity contribution >= 4 is 0 Å². The van der Waals surface area contributed by atoms with Gasteiger partial charge in [-0.2, -0.15) is 0 Å². The Labute approximate surface area is 79.9 Å². The van der Waals surface area contributed by atoms with Gasteiger partial charge in [-0.15, -0.1) is 0 Å². The monoisotopic (exact) mass is 182 g/mol. The molecule has 0 spiro atoms. The molecule has 0 bridgehead atoms. The summed E-state index contributed by atoms with van der Waals surface area (Å²) >= 11 is 0. The minimum absolute atomic E-state index is 0.0509. The molecule has 0 radical (unpaired) electrons. The van der Waals surface area contributed by atoms with E-state index < -0.39 is 0 Å². The van der Waals surface area contributed by atoms with E-state index in [1.807, 2.05) is 0 Å². The minimum atomic E-state index is 0.0509. The summed E-state index contributed by atoms with van der Waals surface area (Å²) < 4.78 is 11.5. The van der Waals surface area contributed by atoms with Crippen molar-refractivity contribution in [3.05, 3.63) is 12.2 Å². The number of hydrogen-bond acceptors (Lipinski definition) is 2. The minimum Gasteiger partial charge on any atom is -0.347 e. The van der Waals surface area contributed by atoms with Gasteiger partial charge in [-0.1, -0.05) is 12.2 Å². The SMILES string of the molecule is C[C@@H]1OC([C@H]2CC=CCC2)O[C@@H]1C. The van der Waals surface area contributed by atoms with E-state index in [4.69, 9.17) is 9.47 Å². The van der Waals surface area contributed by atoms with Crippen molar-refractivity contribution in [1.29, 1.82) is 0 Å². The predicted molar refractivity (Wildman–Crippen MR) is 51.4 cm³/mol. The first kappa shape index (κ1) is 9.22. The van der Waals surface area contributed by atoms with Gasteiger partial charge in [-0.25, -0.2) is 0 Å². The normalized spacial score (nSPS) is 45.4. The van der Waals surface area contributed by atoms with Gasteiger partial charge in [0.05, 0.1) is 12.2 Å². The summed E-state index contributed by atoms with van der Waals surface area (Å²) in [6.07, 6.45) is 8.57. The molecule has 0 saturated carbocycles. The Bertz CT molecular complexity index is 190. The summed E-state index contributed by atoms with van der Waals surface area (Å²) in [5.74, 6) is 0.581. The second-order valence-corrected chi connectivity index (χ2v) is 4.10. The van der Waals surface area contributed by atoms with Gasteiger partial charge in [0, 0.05) is 5.92 Å². The maximum Gasteiger partial charge on any atom is 0.161 e. The first-order valence-electron chi connectivity index (χ1n) is 5.23. The Morgan fingerprint density at radius 2 is 1.77 bits per heavy atom. The van der Waals surface area contributed by atoms with E-state index in [2.05, 4.69) is 26.0 Å². The Kier molecular flexibility index (Phi) is 2.70. The molecule has 0 aromatic heterocycles. The number of allylic oxidation sites excluding steroid dienone is 2. The van der Waals surface area contributed by atoms with Gasteiger partial charge in [-0.3, -0.25) is 0 Å². The van der Waals surface area contributed by atoms with E-state index >= 15 is 0 Å². The topological polar surface area (TPSA) is 18.5 Å². The quantitative estimate of drug-likeness (QED) is 0.580. The molecule has 2 nitrogen and oxygen atoms in total. The van der Waals surface area contributed by atoms with Crippen LogP contribution in [-0.2, 0) is 9.47 Å². The fraction of sp³-hybridized carbons (Fsp3) is 0.818. The molecule has 0 aromatic carbocycles. The summed E-state index contributed by atoms with van der Waals surface area (Å²) in [6.45, 7) is 4.17. The molecule has 2 aliphatic rings. The third-order valence-corrected chi connectivity index (χ3v) is 3.05. The van der Waals surface area contributed by atoms with E-state index in [9.17, 15) is 0 Å². The largest absolute Gasteiger partial charge is 0.347 e. The highest BCUT2D eigenvalue weighted by Crippen LogP contribution is 2.30. The molecular weight excluding hydrogens is 164 g/mol. The predicted octanol–water partition coefficient (Wildman–Crippen LogP) is 2.49. The van der Waals surface area contributed by atoms with Gasteiger partial charge in [0.15, 0.2) is 6.29 Å². The van der Waals surface area contributed by atoms with E-state index in [-0.39, 0.29) is 18.5 Å². The lowest BCUT2D eigenvalue weighted by molar-refractivity contribution is -0.103. The lowest BCUT2D eigenvalue weighted by atomic mass is 9.94. The molecule has 0 aromatic rings. The highest BCUT2D eigenvalue weighted by Gasteiger charge is 2.34. The van der Waals surface area contributed by atoms with Crippen LogP contribution in [0, 0.1) is 5.92 Å². The van der Waals surface area contributed by atoms with Crippen molar-refractivity contribution in [2.24, 2.45) is 5.92 Å². The average Bonchev–Trinajstić information content (AvgIpc) is 2.49. The summed E-state index contributed by atoms with van der Waals surface area (Å²) in [6, 6.07) is 0. The summed E-state index contributed by atoms with van der Waals surface area (Å²) in [7, 11) is 0. The first-order chi connectivity index (χ1) is 6.27. The van der Waals surface area contributed by atoms with Crippen LogP contribution in [0.4, 0.5) is 0 Å². The zero-order valence-corrected chi connectivity index (χ0v) is 8.40. The van der Waals surface area contributed by atoms with Gasteiger partial charge < -0.3 is 9.47 Å². The number of rotatable bonds is 1.